The lowest BCUT2D eigenvalue weighted by Crippen LogP contribution is -1.84. The van der Waals surface area contributed by atoms with E-state index in [1.54, 1.807) is 0 Å². The van der Waals surface area contributed by atoms with Crippen LogP contribution in [0.2, 0.25) is 0 Å². The summed E-state index contributed by atoms with van der Waals surface area (Å²) in [4.78, 5) is 0. The highest BCUT2D eigenvalue weighted by molar-refractivity contribution is 9.11. The first-order valence-corrected chi connectivity index (χ1v) is 5.15. The zero-order valence-electron chi connectivity index (χ0n) is 4.95. The van der Waals surface area contributed by atoms with Gasteiger partial charge in [0.15, 0.2) is 8.26 Å². The molecule has 3 nitrogen and oxygen atoms in total. The van der Waals surface area contributed by atoms with Crippen LogP contribution in [-0.4, -0.2) is 27.7 Å². The third-order valence-electron chi connectivity index (χ3n) is 0.699. The lowest BCUT2D eigenvalue weighted by atomic mass is 10.9. The van der Waals surface area contributed by atoms with Gasteiger partial charge in [0.05, 0.1) is 6.61 Å². The Morgan fingerprint density at radius 3 is 2.90 bits per heavy atom. The zero-order chi connectivity index (χ0) is 7.40. The van der Waals surface area contributed by atoms with Gasteiger partial charge in [-0.2, -0.15) is 0 Å². The average Bonchev–Trinajstić information content (AvgIpc) is 2.31. The van der Waals surface area contributed by atoms with Crippen LogP contribution >= 0.6 is 39.0 Å². The van der Waals surface area contributed by atoms with Crippen LogP contribution in [0.4, 0.5) is 0 Å². The summed E-state index contributed by atoms with van der Waals surface area (Å²) in [7, 11) is 0. The Hall–Kier alpha value is 0.350. The number of halogens is 1. The van der Waals surface area contributed by atoms with Gasteiger partial charge >= 0.3 is 0 Å². The van der Waals surface area contributed by atoms with E-state index >= 15 is 0 Å². The summed E-state index contributed by atoms with van der Waals surface area (Å²) in [5.74, 6) is 0.682. The molecule has 0 fully saturated rings. The average molecular weight is 241 g/mol. The van der Waals surface area contributed by atoms with Crippen LogP contribution in [0.5, 0.6) is 0 Å². The van der Waals surface area contributed by atoms with E-state index < -0.39 is 0 Å². The van der Waals surface area contributed by atoms with Crippen LogP contribution in [-0.2, 0) is 0 Å². The third kappa shape index (κ3) is 2.53. The second-order valence-electron chi connectivity index (χ2n) is 1.39. The molecule has 1 aromatic rings. The molecule has 0 saturated heterocycles. The Morgan fingerprint density at radius 1 is 1.60 bits per heavy atom. The Labute approximate surface area is 75.0 Å². The molecule has 0 atom stereocenters. The molecule has 0 aliphatic rings. The predicted octanol–water partition coefficient (Wildman–Crippen LogP) is 1.38. The number of aliphatic hydroxyl groups excluding tert-OH is 1. The van der Waals surface area contributed by atoms with Gasteiger partial charge in [0.1, 0.15) is 0 Å². The molecule has 1 rings (SSSR count). The van der Waals surface area contributed by atoms with Gasteiger partial charge in [0.2, 0.25) is 0 Å². The van der Waals surface area contributed by atoms with Crippen LogP contribution in [0.25, 0.3) is 0 Å². The fourth-order valence-electron chi connectivity index (χ4n) is 0.384. The molecule has 0 amide bonds. The molecule has 0 spiro atoms. The quantitative estimate of drug-likeness (QED) is 0.812. The fraction of sp³-hybridized carbons (Fsp3) is 0.500. The lowest BCUT2D eigenvalue weighted by Gasteiger charge is -1.87. The van der Waals surface area contributed by atoms with Crippen molar-refractivity contribution in [2.45, 2.75) is 4.34 Å². The molecule has 10 heavy (non-hydrogen) atoms. The molecule has 0 unspecified atom stereocenters. The number of rotatable bonds is 3. The largest absolute Gasteiger partial charge is 0.396 e. The first-order valence-electron chi connectivity index (χ1n) is 2.55. The van der Waals surface area contributed by atoms with Crippen molar-refractivity contribution >= 4 is 39.0 Å². The van der Waals surface area contributed by atoms with E-state index in [1.807, 2.05) is 0 Å². The van der Waals surface area contributed by atoms with Crippen LogP contribution in [0.3, 0.4) is 0 Å². The monoisotopic (exact) mass is 240 g/mol. The minimum Gasteiger partial charge on any atom is -0.396 e. The van der Waals surface area contributed by atoms with Gasteiger partial charge in [-0.3, -0.25) is 0 Å². The zero-order valence-corrected chi connectivity index (χ0v) is 8.17. The summed E-state index contributed by atoms with van der Waals surface area (Å²) in [6.07, 6.45) is 0. The Kier molecular flexibility index (Phi) is 3.61. The highest BCUT2D eigenvalue weighted by Gasteiger charge is 1.99. The summed E-state index contributed by atoms with van der Waals surface area (Å²) >= 11 is 6.17. The van der Waals surface area contributed by atoms with Crippen molar-refractivity contribution in [3.8, 4) is 0 Å². The molecule has 0 aromatic carbocycles. The molecule has 0 radical (unpaired) electrons. The van der Waals surface area contributed by atoms with E-state index in [-0.39, 0.29) is 6.61 Å². The first-order chi connectivity index (χ1) is 4.83. The standard InChI is InChI=1S/C4H5BrN2OS2/c5-3-6-7-4(10-3)9-2-1-8/h8H,1-2H2. The SMILES string of the molecule is OCCSc1nnc(Br)s1. The molecule has 0 saturated carbocycles. The molecule has 0 bridgehead atoms. The number of aromatic nitrogens is 2. The van der Waals surface area contributed by atoms with Crippen LogP contribution in [0, 0.1) is 0 Å². The van der Waals surface area contributed by atoms with E-state index in [2.05, 4.69) is 26.1 Å². The van der Waals surface area contributed by atoms with Gasteiger partial charge in [-0.05, 0) is 15.9 Å². The second kappa shape index (κ2) is 4.27. The summed E-state index contributed by atoms with van der Waals surface area (Å²) in [6.45, 7) is 0.182. The van der Waals surface area contributed by atoms with Gasteiger partial charge in [0, 0.05) is 5.75 Å². The second-order valence-corrected chi connectivity index (χ2v) is 4.99. The number of thioether (sulfide) groups is 1. The topological polar surface area (TPSA) is 46.0 Å². The number of nitrogens with zero attached hydrogens (tertiary/aromatic N) is 2. The molecule has 0 aliphatic carbocycles. The molecular weight excluding hydrogens is 236 g/mol. The van der Waals surface area contributed by atoms with E-state index in [9.17, 15) is 0 Å². The van der Waals surface area contributed by atoms with E-state index in [4.69, 9.17) is 5.11 Å². The third-order valence-corrected chi connectivity index (χ3v) is 3.17. The highest BCUT2D eigenvalue weighted by Crippen LogP contribution is 2.24. The van der Waals surface area contributed by atoms with Gasteiger partial charge in [-0.15, -0.1) is 10.2 Å². The molecule has 6 heteroatoms. The van der Waals surface area contributed by atoms with Crippen molar-refractivity contribution in [3.63, 3.8) is 0 Å². The van der Waals surface area contributed by atoms with Crippen molar-refractivity contribution in [2.24, 2.45) is 0 Å². The number of aliphatic hydroxyl groups is 1. The van der Waals surface area contributed by atoms with Crippen LogP contribution < -0.4 is 0 Å². The molecule has 56 valence electrons. The minimum absolute atomic E-state index is 0.182. The molecule has 1 N–H and O–H groups in total. The molecule has 1 heterocycles. The van der Waals surface area contributed by atoms with E-state index in [0.717, 1.165) is 8.26 Å². The van der Waals surface area contributed by atoms with Crippen molar-refractivity contribution in [1.29, 1.82) is 0 Å². The number of hydrogen-bond donors (Lipinski definition) is 1. The summed E-state index contributed by atoms with van der Waals surface area (Å²) < 4.78 is 1.67. The Bertz CT molecular complexity index is 205. The van der Waals surface area contributed by atoms with Gasteiger partial charge < -0.3 is 5.11 Å². The molecular formula is C4H5BrN2OS2. The number of hydrogen-bond acceptors (Lipinski definition) is 5. The van der Waals surface area contributed by atoms with E-state index in [1.165, 1.54) is 23.1 Å². The maximum atomic E-state index is 8.46. The van der Waals surface area contributed by atoms with Crippen LogP contribution in [0.1, 0.15) is 0 Å². The summed E-state index contributed by atoms with van der Waals surface area (Å²) in [5.41, 5.74) is 0. The van der Waals surface area contributed by atoms with Crippen molar-refractivity contribution in [1.82, 2.24) is 10.2 Å². The Morgan fingerprint density at radius 2 is 2.40 bits per heavy atom. The van der Waals surface area contributed by atoms with Crippen molar-refractivity contribution in [2.75, 3.05) is 12.4 Å². The highest BCUT2D eigenvalue weighted by atomic mass is 79.9. The minimum atomic E-state index is 0.182. The normalized spacial score (nSPS) is 10.2. The van der Waals surface area contributed by atoms with Crippen molar-refractivity contribution < 1.29 is 5.11 Å². The maximum absolute atomic E-state index is 8.46. The molecule has 0 aliphatic heterocycles. The van der Waals surface area contributed by atoms with Gasteiger partial charge in [-0.1, -0.05) is 23.1 Å². The predicted molar refractivity (Wildman–Crippen MR) is 45.4 cm³/mol. The molecule has 1 aromatic heterocycles. The van der Waals surface area contributed by atoms with Crippen LogP contribution in [0.15, 0.2) is 8.26 Å². The Balaban J connectivity index is 2.42. The van der Waals surface area contributed by atoms with Crippen molar-refractivity contribution in [3.05, 3.63) is 3.92 Å². The summed E-state index contributed by atoms with van der Waals surface area (Å²) in [5, 5.41) is 16.0. The van der Waals surface area contributed by atoms with E-state index in [0.29, 0.717) is 5.75 Å². The smallest absolute Gasteiger partial charge is 0.184 e. The first kappa shape index (κ1) is 8.45. The van der Waals surface area contributed by atoms with Gasteiger partial charge in [-0.25, -0.2) is 0 Å². The summed E-state index contributed by atoms with van der Waals surface area (Å²) in [6, 6.07) is 0. The van der Waals surface area contributed by atoms with Gasteiger partial charge in [0.25, 0.3) is 0 Å². The lowest BCUT2D eigenvalue weighted by molar-refractivity contribution is 0.322. The maximum Gasteiger partial charge on any atom is 0.184 e. The fourth-order valence-corrected chi connectivity index (χ4v) is 2.64.